The highest BCUT2D eigenvalue weighted by Crippen LogP contribution is 2.22. The molecule has 0 fully saturated rings. The number of urea groups is 1. The predicted octanol–water partition coefficient (Wildman–Crippen LogP) is 3.29. The Hall–Kier alpha value is -2.74. The number of halogens is 1. The summed E-state index contributed by atoms with van der Waals surface area (Å²) in [6.45, 7) is 2.61. The van der Waals surface area contributed by atoms with Crippen molar-refractivity contribution in [3.05, 3.63) is 52.5 Å². The molecule has 0 aliphatic rings. The van der Waals surface area contributed by atoms with Crippen LogP contribution in [-0.4, -0.2) is 32.2 Å². The van der Waals surface area contributed by atoms with Crippen LogP contribution in [0.2, 0.25) is 0 Å². The normalized spacial score (nSPS) is 10.0. The summed E-state index contributed by atoms with van der Waals surface area (Å²) in [4.78, 5) is 23.8. The second kappa shape index (κ2) is 10.4. The number of anilines is 1. The molecule has 0 unspecified atom stereocenters. The fraction of sp³-hybridized carbons (Fsp3) is 0.263. The fourth-order valence-corrected chi connectivity index (χ4v) is 2.70. The van der Waals surface area contributed by atoms with Crippen LogP contribution < -0.4 is 25.4 Å². The molecule has 2 rings (SSSR count). The lowest BCUT2D eigenvalue weighted by molar-refractivity contribution is -0.115. The molecule has 0 heterocycles. The predicted molar refractivity (Wildman–Crippen MR) is 107 cm³/mol. The second-order valence-electron chi connectivity index (χ2n) is 5.50. The molecule has 3 N–H and O–H groups in total. The smallest absolute Gasteiger partial charge is 0.315 e. The van der Waals surface area contributed by atoms with Crippen LogP contribution in [0.25, 0.3) is 0 Å². The zero-order valence-corrected chi connectivity index (χ0v) is 16.8. The topological polar surface area (TPSA) is 88.7 Å². The van der Waals surface area contributed by atoms with Crippen LogP contribution in [0.15, 0.2) is 46.9 Å². The van der Waals surface area contributed by atoms with E-state index >= 15 is 0 Å². The number of methoxy groups -OCH3 is 1. The van der Waals surface area contributed by atoms with Gasteiger partial charge in [-0.1, -0.05) is 15.9 Å². The number of benzene rings is 2. The molecule has 0 aromatic heterocycles. The van der Waals surface area contributed by atoms with Gasteiger partial charge >= 0.3 is 6.03 Å². The third-order valence-corrected chi connectivity index (χ3v) is 4.03. The number of amides is 3. The largest absolute Gasteiger partial charge is 0.496 e. The van der Waals surface area contributed by atoms with Crippen LogP contribution in [0.4, 0.5) is 10.5 Å². The summed E-state index contributed by atoms with van der Waals surface area (Å²) in [5.74, 6) is 1.08. The Labute approximate surface area is 166 Å². The van der Waals surface area contributed by atoms with Crippen LogP contribution >= 0.6 is 15.9 Å². The highest BCUT2D eigenvalue weighted by Gasteiger charge is 2.08. The molecule has 144 valence electrons. The van der Waals surface area contributed by atoms with Crippen molar-refractivity contribution in [3.63, 3.8) is 0 Å². The Morgan fingerprint density at radius 3 is 2.48 bits per heavy atom. The molecule has 0 radical (unpaired) electrons. The summed E-state index contributed by atoms with van der Waals surface area (Å²) in [5, 5.41) is 7.91. The highest BCUT2D eigenvalue weighted by atomic mass is 79.9. The maximum atomic E-state index is 11.9. The zero-order chi connectivity index (χ0) is 19.6. The van der Waals surface area contributed by atoms with Gasteiger partial charge in [-0.2, -0.15) is 0 Å². The Balaban J connectivity index is 1.76. The van der Waals surface area contributed by atoms with Crippen molar-refractivity contribution in [1.82, 2.24) is 10.6 Å². The van der Waals surface area contributed by atoms with Crippen LogP contribution in [0.3, 0.4) is 0 Å². The van der Waals surface area contributed by atoms with E-state index in [-0.39, 0.29) is 19.0 Å². The maximum absolute atomic E-state index is 11.9. The summed E-state index contributed by atoms with van der Waals surface area (Å²) in [6, 6.07) is 12.1. The second-order valence-corrected chi connectivity index (χ2v) is 6.41. The van der Waals surface area contributed by atoms with E-state index in [4.69, 9.17) is 9.47 Å². The summed E-state index contributed by atoms with van der Waals surface area (Å²) in [5.41, 5.74) is 1.45. The summed E-state index contributed by atoms with van der Waals surface area (Å²) >= 11 is 3.38. The first-order chi connectivity index (χ1) is 13.0. The molecule has 0 aliphatic carbocycles. The third kappa shape index (κ3) is 6.82. The van der Waals surface area contributed by atoms with Gasteiger partial charge < -0.3 is 25.4 Å². The van der Waals surface area contributed by atoms with Crippen LogP contribution in [-0.2, 0) is 11.3 Å². The number of hydrogen-bond acceptors (Lipinski definition) is 4. The van der Waals surface area contributed by atoms with E-state index in [2.05, 4.69) is 31.9 Å². The first kappa shape index (κ1) is 20.6. The van der Waals surface area contributed by atoms with Crippen molar-refractivity contribution < 1.29 is 19.1 Å². The molecule has 0 atom stereocenters. The van der Waals surface area contributed by atoms with Crippen molar-refractivity contribution in [3.8, 4) is 11.5 Å². The van der Waals surface area contributed by atoms with Crippen molar-refractivity contribution >= 4 is 33.6 Å². The first-order valence-corrected chi connectivity index (χ1v) is 9.18. The van der Waals surface area contributed by atoms with Crippen molar-refractivity contribution in [2.75, 3.05) is 25.6 Å². The highest BCUT2D eigenvalue weighted by molar-refractivity contribution is 9.10. The Bertz CT molecular complexity index is 781. The lowest BCUT2D eigenvalue weighted by atomic mass is 10.2. The molecule has 0 saturated carbocycles. The minimum absolute atomic E-state index is 0.144. The number of rotatable bonds is 8. The van der Waals surface area contributed by atoms with Gasteiger partial charge in [-0.15, -0.1) is 0 Å². The SMILES string of the molecule is CCOc1ccc(NC(=O)CNC(=O)NCc2cc(Br)ccc2OC)cc1. The average Bonchev–Trinajstić information content (AvgIpc) is 2.66. The summed E-state index contributed by atoms with van der Waals surface area (Å²) in [6.07, 6.45) is 0. The number of ether oxygens (including phenoxy) is 2. The fourth-order valence-electron chi connectivity index (χ4n) is 2.29. The molecule has 2 aromatic carbocycles. The molecular formula is C19H22BrN3O4. The molecule has 27 heavy (non-hydrogen) atoms. The lowest BCUT2D eigenvalue weighted by Gasteiger charge is -2.11. The molecule has 3 amide bonds. The van der Waals surface area contributed by atoms with Gasteiger partial charge in [0.1, 0.15) is 11.5 Å². The number of nitrogens with one attached hydrogen (secondary N) is 3. The average molecular weight is 436 g/mol. The van der Waals surface area contributed by atoms with Gasteiger partial charge in [0.05, 0.1) is 20.3 Å². The number of carbonyl (C=O) groups is 2. The molecule has 2 aromatic rings. The molecular weight excluding hydrogens is 414 g/mol. The summed E-state index contributed by atoms with van der Waals surface area (Å²) < 4.78 is 11.5. The van der Waals surface area contributed by atoms with Crippen molar-refractivity contribution in [1.29, 1.82) is 0 Å². The van der Waals surface area contributed by atoms with Crippen LogP contribution in [0, 0.1) is 0 Å². The Kier molecular flexibility index (Phi) is 7.94. The molecule has 0 spiro atoms. The molecule has 7 nitrogen and oxygen atoms in total. The quantitative estimate of drug-likeness (QED) is 0.593. The Morgan fingerprint density at radius 2 is 1.81 bits per heavy atom. The first-order valence-electron chi connectivity index (χ1n) is 8.38. The van der Waals surface area contributed by atoms with Gasteiger partial charge in [0.2, 0.25) is 5.91 Å². The number of hydrogen-bond donors (Lipinski definition) is 3. The lowest BCUT2D eigenvalue weighted by Crippen LogP contribution is -2.39. The van der Waals surface area contributed by atoms with E-state index in [1.807, 2.05) is 25.1 Å². The molecule has 0 aliphatic heterocycles. The van der Waals surface area contributed by atoms with E-state index in [1.54, 1.807) is 31.4 Å². The van der Waals surface area contributed by atoms with Crippen LogP contribution in [0.1, 0.15) is 12.5 Å². The van der Waals surface area contributed by atoms with E-state index in [1.165, 1.54) is 0 Å². The maximum Gasteiger partial charge on any atom is 0.315 e. The minimum Gasteiger partial charge on any atom is -0.496 e. The van der Waals surface area contributed by atoms with Gasteiger partial charge in [0.15, 0.2) is 0 Å². The number of carbonyl (C=O) groups excluding carboxylic acids is 2. The van der Waals surface area contributed by atoms with Crippen molar-refractivity contribution in [2.45, 2.75) is 13.5 Å². The summed E-state index contributed by atoms with van der Waals surface area (Å²) in [7, 11) is 1.57. The van der Waals surface area contributed by atoms with Crippen molar-refractivity contribution in [2.24, 2.45) is 0 Å². The van der Waals surface area contributed by atoms with E-state index in [0.29, 0.717) is 18.0 Å². The van der Waals surface area contributed by atoms with E-state index < -0.39 is 6.03 Å². The molecule has 0 bridgehead atoms. The Morgan fingerprint density at radius 1 is 1.07 bits per heavy atom. The third-order valence-electron chi connectivity index (χ3n) is 3.54. The molecule has 8 heteroatoms. The van der Waals surface area contributed by atoms with Gasteiger partial charge in [-0.05, 0) is 49.4 Å². The monoisotopic (exact) mass is 435 g/mol. The van der Waals surface area contributed by atoms with Crippen LogP contribution in [0.5, 0.6) is 11.5 Å². The minimum atomic E-state index is -0.445. The van der Waals surface area contributed by atoms with Gasteiger partial charge in [0.25, 0.3) is 0 Å². The zero-order valence-electron chi connectivity index (χ0n) is 15.2. The molecule has 0 saturated heterocycles. The van der Waals surface area contributed by atoms with E-state index in [0.717, 1.165) is 15.8 Å². The van der Waals surface area contributed by atoms with Gasteiger partial charge in [0, 0.05) is 22.3 Å². The van der Waals surface area contributed by atoms with E-state index in [9.17, 15) is 9.59 Å². The van der Waals surface area contributed by atoms with Gasteiger partial charge in [-0.3, -0.25) is 4.79 Å². The van der Waals surface area contributed by atoms with Gasteiger partial charge in [-0.25, -0.2) is 4.79 Å². The standard InChI is InChI=1S/C19H22BrN3O4/c1-3-27-16-7-5-15(6-8-16)23-18(24)12-22-19(25)21-11-13-10-14(20)4-9-17(13)26-2/h4-10H,3,11-12H2,1-2H3,(H,23,24)(H2,21,22,25).